The molecule has 0 spiro atoms. The van der Waals surface area contributed by atoms with Crippen molar-refractivity contribution in [1.82, 2.24) is 0 Å². The molecule has 0 atom stereocenters. The summed E-state index contributed by atoms with van der Waals surface area (Å²) >= 11 is 0. The molecule has 0 fully saturated rings. The molecule has 0 heterocycles. The van der Waals surface area contributed by atoms with Crippen LogP contribution in [0, 0.1) is 12.7 Å². The first-order chi connectivity index (χ1) is 5.24. The van der Waals surface area contributed by atoms with Gasteiger partial charge in [0, 0.05) is 6.72 Å². The monoisotopic (exact) mass is 152 g/mol. The lowest BCUT2D eigenvalue weighted by Crippen LogP contribution is -1.90. The van der Waals surface area contributed by atoms with Gasteiger partial charge in [-0.05, 0) is 24.6 Å². The Morgan fingerprint density at radius 3 is 2.82 bits per heavy atom. The lowest BCUT2D eigenvalue weighted by molar-refractivity contribution is 0.629. The summed E-state index contributed by atoms with van der Waals surface area (Å²) in [6.45, 7) is 5.02. The first kappa shape index (κ1) is 7.72. The topological polar surface area (TPSA) is 24.4 Å². The summed E-state index contributed by atoms with van der Waals surface area (Å²) in [5.74, 6) is -0.308. The van der Waals surface area contributed by atoms with Gasteiger partial charge in [0.2, 0.25) is 0 Å². The standard InChI is InChI=1S/C8H9FN2/c1-6-3-4-8(11-10-2)7(9)5-6/h3-5,11H,2H2,1H3. The largest absolute Gasteiger partial charge is 0.276 e. The summed E-state index contributed by atoms with van der Waals surface area (Å²) in [7, 11) is 0. The SMILES string of the molecule is C=NNc1ccc(C)cc1F. The molecule has 0 unspecified atom stereocenters. The van der Waals surface area contributed by atoms with E-state index < -0.39 is 0 Å². The number of hydrogen-bond donors (Lipinski definition) is 1. The fraction of sp³-hybridized carbons (Fsp3) is 0.125. The van der Waals surface area contributed by atoms with E-state index >= 15 is 0 Å². The van der Waals surface area contributed by atoms with Crippen molar-refractivity contribution in [3.63, 3.8) is 0 Å². The number of hydrazone groups is 1. The van der Waals surface area contributed by atoms with Crippen LogP contribution >= 0.6 is 0 Å². The van der Waals surface area contributed by atoms with E-state index in [2.05, 4.69) is 17.2 Å². The van der Waals surface area contributed by atoms with Crippen molar-refractivity contribution in [3.05, 3.63) is 29.6 Å². The minimum absolute atomic E-state index is 0.308. The molecule has 0 aliphatic heterocycles. The molecule has 1 N–H and O–H groups in total. The Kier molecular flexibility index (Phi) is 2.21. The zero-order valence-corrected chi connectivity index (χ0v) is 6.26. The van der Waals surface area contributed by atoms with E-state index in [4.69, 9.17) is 0 Å². The maximum atomic E-state index is 12.9. The third-order valence-electron chi connectivity index (χ3n) is 1.32. The van der Waals surface area contributed by atoms with Gasteiger partial charge < -0.3 is 0 Å². The van der Waals surface area contributed by atoms with Crippen LogP contribution in [0.2, 0.25) is 0 Å². The molecular weight excluding hydrogens is 143 g/mol. The van der Waals surface area contributed by atoms with Crippen molar-refractivity contribution in [1.29, 1.82) is 0 Å². The van der Waals surface area contributed by atoms with Gasteiger partial charge in [-0.2, -0.15) is 5.10 Å². The molecule has 0 radical (unpaired) electrons. The summed E-state index contributed by atoms with van der Waals surface area (Å²) in [5.41, 5.74) is 3.68. The lowest BCUT2D eigenvalue weighted by Gasteiger charge is -2.01. The predicted molar refractivity (Wildman–Crippen MR) is 44.3 cm³/mol. The van der Waals surface area contributed by atoms with Gasteiger partial charge in [-0.15, -0.1) is 0 Å². The van der Waals surface area contributed by atoms with Crippen molar-refractivity contribution in [2.45, 2.75) is 6.92 Å². The predicted octanol–water partition coefficient (Wildman–Crippen LogP) is 2.16. The average Bonchev–Trinajstić information content (AvgIpc) is 1.95. The van der Waals surface area contributed by atoms with Crippen molar-refractivity contribution < 1.29 is 4.39 Å². The van der Waals surface area contributed by atoms with Gasteiger partial charge in [0.05, 0.1) is 5.69 Å². The van der Waals surface area contributed by atoms with E-state index in [1.165, 1.54) is 6.07 Å². The average molecular weight is 152 g/mol. The summed E-state index contributed by atoms with van der Waals surface area (Å²) in [5, 5.41) is 3.36. The van der Waals surface area contributed by atoms with E-state index in [0.29, 0.717) is 5.69 Å². The van der Waals surface area contributed by atoms with Gasteiger partial charge in [0.25, 0.3) is 0 Å². The van der Waals surface area contributed by atoms with Gasteiger partial charge in [-0.3, -0.25) is 5.43 Å². The Hall–Kier alpha value is -1.38. The summed E-state index contributed by atoms with van der Waals surface area (Å²) < 4.78 is 12.9. The van der Waals surface area contributed by atoms with E-state index in [1.807, 2.05) is 6.92 Å². The number of rotatable bonds is 2. The first-order valence-electron chi connectivity index (χ1n) is 3.22. The molecule has 0 bridgehead atoms. The molecule has 1 rings (SSSR count). The molecule has 3 heteroatoms. The first-order valence-corrected chi connectivity index (χ1v) is 3.22. The molecule has 1 aromatic rings. The second-order valence-electron chi connectivity index (χ2n) is 2.25. The summed E-state index contributed by atoms with van der Waals surface area (Å²) in [4.78, 5) is 0. The zero-order chi connectivity index (χ0) is 8.27. The number of hydrogen-bond acceptors (Lipinski definition) is 2. The third kappa shape index (κ3) is 1.77. The maximum Gasteiger partial charge on any atom is 0.148 e. The van der Waals surface area contributed by atoms with Crippen LogP contribution in [0.4, 0.5) is 10.1 Å². The van der Waals surface area contributed by atoms with Gasteiger partial charge in [0.15, 0.2) is 0 Å². The van der Waals surface area contributed by atoms with Crippen LogP contribution in [-0.4, -0.2) is 6.72 Å². The molecule has 58 valence electrons. The molecular formula is C8H9FN2. The zero-order valence-electron chi connectivity index (χ0n) is 6.26. The highest BCUT2D eigenvalue weighted by Crippen LogP contribution is 2.14. The quantitative estimate of drug-likeness (QED) is 0.509. The normalized spacial score (nSPS) is 9.27. The summed E-state index contributed by atoms with van der Waals surface area (Å²) in [6.07, 6.45) is 0. The number of nitrogens with zero attached hydrogens (tertiary/aromatic N) is 1. The highest BCUT2D eigenvalue weighted by atomic mass is 19.1. The number of halogens is 1. The van der Waals surface area contributed by atoms with Gasteiger partial charge in [-0.25, -0.2) is 4.39 Å². The fourth-order valence-electron chi connectivity index (χ4n) is 0.796. The Morgan fingerprint density at radius 2 is 2.27 bits per heavy atom. The smallest absolute Gasteiger partial charge is 0.148 e. The van der Waals surface area contributed by atoms with Crippen LogP contribution in [0.3, 0.4) is 0 Å². The van der Waals surface area contributed by atoms with E-state index in [9.17, 15) is 4.39 Å². The highest BCUT2D eigenvalue weighted by Gasteiger charge is 1.98. The van der Waals surface area contributed by atoms with Crippen LogP contribution < -0.4 is 5.43 Å². The van der Waals surface area contributed by atoms with Crippen LogP contribution in [0.15, 0.2) is 23.3 Å². The van der Waals surface area contributed by atoms with E-state index in [0.717, 1.165) is 5.56 Å². The van der Waals surface area contributed by atoms with Crippen molar-refractivity contribution >= 4 is 12.4 Å². The van der Waals surface area contributed by atoms with Crippen molar-refractivity contribution in [2.24, 2.45) is 5.10 Å². The van der Waals surface area contributed by atoms with Crippen molar-refractivity contribution in [3.8, 4) is 0 Å². The Balaban J connectivity index is 2.98. The van der Waals surface area contributed by atoms with Gasteiger partial charge in [0.1, 0.15) is 5.82 Å². The number of nitrogens with one attached hydrogen (secondary N) is 1. The van der Waals surface area contributed by atoms with Crippen LogP contribution in [-0.2, 0) is 0 Å². The van der Waals surface area contributed by atoms with Crippen LogP contribution in [0.25, 0.3) is 0 Å². The van der Waals surface area contributed by atoms with E-state index in [1.54, 1.807) is 12.1 Å². The van der Waals surface area contributed by atoms with Gasteiger partial charge in [-0.1, -0.05) is 6.07 Å². The molecule has 0 saturated carbocycles. The maximum absolute atomic E-state index is 12.9. The molecule has 2 nitrogen and oxygen atoms in total. The summed E-state index contributed by atoms with van der Waals surface area (Å²) in [6, 6.07) is 4.86. The molecule has 1 aromatic carbocycles. The highest BCUT2D eigenvalue weighted by molar-refractivity contribution is 5.46. The number of aryl methyl sites for hydroxylation is 1. The molecule has 11 heavy (non-hydrogen) atoms. The molecule has 0 aliphatic rings. The molecule has 0 saturated heterocycles. The van der Waals surface area contributed by atoms with E-state index in [-0.39, 0.29) is 5.82 Å². The Morgan fingerprint density at radius 1 is 1.55 bits per heavy atom. The number of anilines is 1. The third-order valence-corrected chi connectivity index (χ3v) is 1.32. The Labute approximate surface area is 64.7 Å². The van der Waals surface area contributed by atoms with Gasteiger partial charge >= 0.3 is 0 Å². The van der Waals surface area contributed by atoms with Crippen LogP contribution in [0.1, 0.15) is 5.56 Å². The molecule has 0 aromatic heterocycles. The minimum atomic E-state index is -0.308. The minimum Gasteiger partial charge on any atom is -0.276 e. The second-order valence-corrected chi connectivity index (χ2v) is 2.25. The Bertz CT molecular complexity index is 271. The molecule has 0 aliphatic carbocycles. The second kappa shape index (κ2) is 3.14. The van der Waals surface area contributed by atoms with Crippen molar-refractivity contribution in [2.75, 3.05) is 5.43 Å². The lowest BCUT2D eigenvalue weighted by atomic mass is 10.2. The molecule has 0 amide bonds. The fourth-order valence-corrected chi connectivity index (χ4v) is 0.796. The number of benzene rings is 1. The van der Waals surface area contributed by atoms with Crippen LogP contribution in [0.5, 0.6) is 0 Å².